The minimum absolute atomic E-state index is 0.121. The van der Waals surface area contributed by atoms with E-state index in [9.17, 15) is 9.59 Å². The molecule has 0 aliphatic rings. The van der Waals surface area contributed by atoms with E-state index in [1.165, 1.54) is 0 Å². The Balaban J connectivity index is 1.95. The monoisotopic (exact) mass is 526 g/mol. The van der Waals surface area contributed by atoms with Crippen molar-refractivity contribution >= 4 is 39.3 Å². The molecule has 0 unspecified atom stereocenters. The van der Waals surface area contributed by atoms with Crippen LogP contribution in [0.3, 0.4) is 0 Å². The average Bonchev–Trinajstić information content (AvgIpc) is 2.80. The molecule has 0 aromatic heterocycles. The van der Waals surface area contributed by atoms with E-state index in [4.69, 9.17) is 11.6 Å². The van der Waals surface area contributed by atoms with Crippen LogP contribution in [-0.4, -0.2) is 29.3 Å². The number of rotatable bonds is 10. The first kappa shape index (κ1) is 25.0. The lowest BCUT2D eigenvalue weighted by Gasteiger charge is -2.31. The van der Waals surface area contributed by atoms with Gasteiger partial charge in [-0.3, -0.25) is 9.59 Å². The van der Waals surface area contributed by atoms with Gasteiger partial charge in [0.1, 0.15) is 6.04 Å². The van der Waals surface area contributed by atoms with Gasteiger partial charge in [-0.2, -0.15) is 0 Å². The lowest BCUT2D eigenvalue weighted by molar-refractivity contribution is -0.140. The van der Waals surface area contributed by atoms with Gasteiger partial charge < -0.3 is 10.2 Å². The molecule has 3 rings (SSSR count). The second-order valence-electron chi connectivity index (χ2n) is 7.95. The summed E-state index contributed by atoms with van der Waals surface area (Å²) in [5.74, 6) is -0.264. The predicted molar refractivity (Wildman–Crippen MR) is 137 cm³/mol. The highest BCUT2D eigenvalue weighted by atomic mass is 79.9. The molecule has 0 aliphatic heterocycles. The molecule has 4 nitrogen and oxygen atoms in total. The van der Waals surface area contributed by atoms with Gasteiger partial charge in [-0.25, -0.2) is 0 Å². The maximum absolute atomic E-state index is 13.6. The van der Waals surface area contributed by atoms with E-state index in [0.29, 0.717) is 24.5 Å². The summed E-state index contributed by atoms with van der Waals surface area (Å²) >= 11 is 9.65. The molecule has 0 aliphatic carbocycles. The van der Waals surface area contributed by atoms with Crippen LogP contribution in [0.1, 0.15) is 30.0 Å². The fourth-order valence-electron chi connectivity index (χ4n) is 3.68. The molecule has 172 valence electrons. The van der Waals surface area contributed by atoms with Crippen LogP contribution >= 0.6 is 27.5 Å². The third-order valence-electron chi connectivity index (χ3n) is 5.31. The first-order chi connectivity index (χ1) is 16.0. The van der Waals surface area contributed by atoms with E-state index < -0.39 is 6.04 Å². The SMILES string of the molecule is CCCNC(=O)[C@@H](Cc1ccccc1)N(Cc1cccc(Br)c1)C(=O)Cc1cccc(Cl)c1. The molecule has 0 saturated heterocycles. The molecular weight excluding hydrogens is 500 g/mol. The predicted octanol–water partition coefficient (Wildman–Crippen LogP) is 5.81. The fourth-order valence-corrected chi connectivity index (χ4v) is 4.33. The summed E-state index contributed by atoms with van der Waals surface area (Å²) in [6, 6.07) is 24.3. The van der Waals surface area contributed by atoms with Gasteiger partial charge in [0.25, 0.3) is 0 Å². The Hall–Kier alpha value is -2.63. The summed E-state index contributed by atoms with van der Waals surface area (Å²) in [5.41, 5.74) is 2.77. The lowest BCUT2D eigenvalue weighted by Crippen LogP contribution is -2.51. The number of benzene rings is 3. The van der Waals surface area contributed by atoms with Crippen molar-refractivity contribution in [1.82, 2.24) is 10.2 Å². The molecule has 6 heteroatoms. The molecular formula is C27H28BrClN2O2. The zero-order valence-electron chi connectivity index (χ0n) is 18.6. The van der Waals surface area contributed by atoms with Crippen LogP contribution in [0.4, 0.5) is 0 Å². The maximum Gasteiger partial charge on any atom is 0.243 e. The topological polar surface area (TPSA) is 49.4 Å². The first-order valence-corrected chi connectivity index (χ1v) is 12.2. The van der Waals surface area contributed by atoms with E-state index in [1.807, 2.05) is 73.7 Å². The number of halogens is 2. The van der Waals surface area contributed by atoms with Gasteiger partial charge >= 0.3 is 0 Å². The number of amides is 2. The Morgan fingerprint density at radius 1 is 0.939 bits per heavy atom. The number of hydrogen-bond donors (Lipinski definition) is 1. The van der Waals surface area contributed by atoms with Crippen LogP contribution in [-0.2, 0) is 29.0 Å². The van der Waals surface area contributed by atoms with Gasteiger partial charge in [-0.05, 0) is 47.4 Å². The number of hydrogen-bond acceptors (Lipinski definition) is 2. The molecule has 0 fully saturated rings. The molecule has 0 saturated carbocycles. The van der Waals surface area contributed by atoms with Gasteiger partial charge in [0.2, 0.25) is 11.8 Å². The van der Waals surface area contributed by atoms with E-state index in [1.54, 1.807) is 17.0 Å². The van der Waals surface area contributed by atoms with Gasteiger partial charge in [-0.1, -0.05) is 89.1 Å². The Morgan fingerprint density at radius 3 is 2.33 bits per heavy atom. The van der Waals surface area contributed by atoms with Crippen molar-refractivity contribution in [2.24, 2.45) is 0 Å². The van der Waals surface area contributed by atoms with E-state index >= 15 is 0 Å². The number of carbonyl (C=O) groups is 2. The van der Waals surface area contributed by atoms with Gasteiger partial charge in [0.15, 0.2) is 0 Å². The van der Waals surface area contributed by atoms with Crippen molar-refractivity contribution in [2.75, 3.05) is 6.54 Å². The highest BCUT2D eigenvalue weighted by Gasteiger charge is 2.30. The molecule has 1 N–H and O–H groups in total. The second-order valence-corrected chi connectivity index (χ2v) is 9.31. The Morgan fingerprint density at radius 2 is 1.64 bits per heavy atom. The van der Waals surface area contributed by atoms with E-state index in [0.717, 1.165) is 27.6 Å². The molecule has 0 heterocycles. The molecule has 3 aromatic carbocycles. The Labute approximate surface area is 209 Å². The summed E-state index contributed by atoms with van der Waals surface area (Å²) < 4.78 is 0.928. The summed E-state index contributed by atoms with van der Waals surface area (Å²) in [6.07, 6.45) is 1.43. The van der Waals surface area contributed by atoms with Crippen molar-refractivity contribution in [3.63, 3.8) is 0 Å². The maximum atomic E-state index is 13.6. The second kappa shape index (κ2) is 12.6. The molecule has 0 radical (unpaired) electrons. The van der Waals surface area contributed by atoms with Crippen molar-refractivity contribution in [2.45, 2.75) is 38.8 Å². The van der Waals surface area contributed by atoms with Crippen LogP contribution in [0.25, 0.3) is 0 Å². The summed E-state index contributed by atoms with van der Waals surface area (Å²) in [4.78, 5) is 28.6. The van der Waals surface area contributed by atoms with Crippen LogP contribution < -0.4 is 5.32 Å². The zero-order valence-corrected chi connectivity index (χ0v) is 21.0. The number of carbonyl (C=O) groups excluding carboxylic acids is 2. The molecule has 0 bridgehead atoms. The van der Waals surface area contributed by atoms with E-state index in [2.05, 4.69) is 21.2 Å². The first-order valence-electron chi connectivity index (χ1n) is 11.1. The number of nitrogens with one attached hydrogen (secondary N) is 1. The molecule has 0 spiro atoms. The van der Waals surface area contributed by atoms with Crippen molar-refractivity contribution in [3.8, 4) is 0 Å². The third-order valence-corrected chi connectivity index (χ3v) is 6.03. The zero-order chi connectivity index (χ0) is 23.6. The molecule has 33 heavy (non-hydrogen) atoms. The van der Waals surface area contributed by atoms with Crippen LogP contribution in [0.5, 0.6) is 0 Å². The van der Waals surface area contributed by atoms with Crippen LogP contribution in [0, 0.1) is 0 Å². The summed E-state index contributed by atoms with van der Waals surface area (Å²) in [5, 5.41) is 3.58. The molecule has 3 aromatic rings. The van der Waals surface area contributed by atoms with Crippen LogP contribution in [0.2, 0.25) is 5.02 Å². The summed E-state index contributed by atoms with van der Waals surface area (Å²) in [7, 11) is 0. The van der Waals surface area contributed by atoms with Crippen molar-refractivity contribution < 1.29 is 9.59 Å². The fraction of sp³-hybridized carbons (Fsp3) is 0.259. The minimum atomic E-state index is -0.635. The smallest absolute Gasteiger partial charge is 0.243 e. The standard InChI is InChI=1S/C27H28BrClN2O2/c1-2-14-30-27(33)25(17-20-8-4-3-5-9-20)31(19-22-11-6-12-23(28)15-22)26(32)18-21-10-7-13-24(29)16-21/h3-13,15-16,25H,2,14,17-19H2,1H3,(H,30,33)/t25-/m1/s1. The van der Waals surface area contributed by atoms with Gasteiger partial charge in [0, 0.05) is 29.0 Å². The third kappa shape index (κ3) is 7.72. The largest absolute Gasteiger partial charge is 0.354 e. The molecule has 2 amide bonds. The van der Waals surface area contributed by atoms with Crippen molar-refractivity contribution in [1.29, 1.82) is 0 Å². The molecule has 1 atom stereocenters. The van der Waals surface area contributed by atoms with Gasteiger partial charge in [0.05, 0.1) is 6.42 Å². The summed E-state index contributed by atoms with van der Waals surface area (Å²) in [6.45, 7) is 2.91. The van der Waals surface area contributed by atoms with Crippen LogP contribution in [0.15, 0.2) is 83.3 Å². The van der Waals surface area contributed by atoms with E-state index in [-0.39, 0.29) is 18.2 Å². The minimum Gasteiger partial charge on any atom is -0.354 e. The normalized spacial score (nSPS) is 11.6. The average molecular weight is 528 g/mol. The van der Waals surface area contributed by atoms with Crippen molar-refractivity contribution in [3.05, 3.63) is 105 Å². The Kier molecular flexibility index (Phi) is 9.52. The van der Waals surface area contributed by atoms with Gasteiger partial charge in [-0.15, -0.1) is 0 Å². The highest BCUT2D eigenvalue weighted by Crippen LogP contribution is 2.20. The number of nitrogens with zero attached hydrogens (tertiary/aromatic N) is 1. The Bertz CT molecular complexity index is 1070. The quantitative estimate of drug-likeness (QED) is 0.362. The lowest BCUT2D eigenvalue weighted by atomic mass is 10.0. The highest BCUT2D eigenvalue weighted by molar-refractivity contribution is 9.10.